The summed E-state index contributed by atoms with van der Waals surface area (Å²) in [7, 11) is 0. The number of rotatable bonds is 4. The summed E-state index contributed by atoms with van der Waals surface area (Å²) < 4.78 is 4.60. The fourth-order valence-corrected chi connectivity index (χ4v) is 3.71. The molecule has 0 N–H and O–H groups in total. The van der Waals surface area contributed by atoms with Gasteiger partial charge in [-0.3, -0.25) is 4.31 Å². The van der Waals surface area contributed by atoms with Crippen molar-refractivity contribution in [2.75, 3.05) is 16.7 Å². The average molecular weight is 339 g/mol. The molecule has 3 rings (SSSR count). The number of benzene rings is 2. The topological polar surface area (TPSA) is 6.48 Å². The first-order valence-corrected chi connectivity index (χ1v) is 8.55. The first kappa shape index (κ1) is 15.0. The minimum atomic E-state index is 0.694. The molecular formula is C16H16Cl2N2S. The van der Waals surface area contributed by atoms with Crippen LogP contribution in [0, 0.1) is 0 Å². The molecule has 0 saturated heterocycles. The van der Waals surface area contributed by atoms with E-state index < -0.39 is 0 Å². The number of halogens is 2. The van der Waals surface area contributed by atoms with Crippen molar-refractivity contribution in [2.24, 2.45) is 0 Å². The summed E-state index contributed by atoms with van der Waals surface area (Å²) in [5.74, 6) is 0.694. The predicted octanol–water partition coefficient (Wildman–Crippen LogP) is 5.49. The molecule has 0 unspecified atom stereocenters. The third kappa shape index (κ3) is 3.49. The number of hydrogen-bond acceptors (Lipinski definition) is 3. The van der Waals surface area contributed by atoms with E-state index in [1.165, 1.54) is 11.3 Å². The van der Waals surface area contributed by atoms with Crippen molar-refractivity contribution < 1.29 is 0 Å². The first-order chi connectivity index (χ1) is 10.3. The van der Waals surface area contributed by atoms with Crippen molar-refractivity contribution in [3.8, 4) is 0 Å². The van der Waals surface area contributed by atoms with Crippen molar-refractivity contribution in [2.45, 2.75) is 13.0 Å². The average Bonchev–Trinajstić information content (AvgIpc) is 2.53. The van der Waals surface area contributed by atoms with Crippen LogP contribution >= 0.6 is 35.3 Å². The molecule has 21 heavy (non-hydrogen) atoms. The molecule has 0 amide bonds. The van der Waals surface area contributed by atoms with Crippen LogP contribution in [-0.4, -0.2) is 16.7 Å². The Balaban J connectivity index is 1.92. The zero-order valence-electron chi connectivity index (χ0n) is 11.5. The molecule has 0 atom stereocenters. The van der Waals surface area contributed by atoms with E-state index in [9.17, 15) is 0 Å². The maximum absolute atomic E-state index is 6.00. The smallest absolute Gasteiger partial charge is 0.0582 e. The molecule has 0 spiro atoms. The number of alkyl halides is 1. The van der Waals surface area contributed by atoms with Gasteiger partial charge < -0.3 is 0 Å². The van der Waals surface area contributed by atoms with E-state index in [-0.39, 0.29) is 0 Å². The Kier molecular flexibility index (Phi) is 4.96. The highest BCUT2D eigenvalue weighted by Gasteiger charge is 2.24. The predicted molar refractivity (Wildman–Crippen MR) is 93.4 cm³/mol. The molecule has 2 nitrogen and oxygen atoms in total. The molecule has 2 aromatic carbocycles. The van der Waals surface area contributed by atoms with Gasteiger partial charge in [-0.15, -0.1) is 11.6 Å². The summed E-state index contributed by atoms with van der Waals surface area (Å²) >= 11 is 13.6. The second kappa shape index (κ2) is 6.93. The van der Waals surface area contributed by atoms with Gasteiger partial charge in [-0.1, -0.05) is 29.8 Å². The van der Waals surface area contributed by atoms with E-state index in [1.54, 1.807) is 12.1 Å². The molecule has 0 aromatic heterocycles. The van der Waals surface area contributed by atoms with Crippen molar-refractivity contribution in [1.29, 1.82) is 0 Å². The Hall–Kier alpha value is -0.870. The Morgan fingerprint density at radius 3 is 2.57 bits per heavy atom. The zero-order valence-corrected chi connectivity index (χ0v) is 13.8. The highest BCUT2D eigenvalue weighted by atomic mass is 35.5. The van der Waals surface area contributed by atoms with Crippen molar-refractivity contribution in [3.63, 3.8) is 0 Å². The van der Waals surface area contributed by atoms with E-state index in [4.69, 9.17) is 23.2 Å². The van der Waals surface area contributed by atoms with E-state index in [1.807, 2.05) is 12.1 Å². The normalized spacial score (nSPS) is 15.0. The van der Waals surface area contributed by atoms with Crippen molar-refractivity contribution in [1.82, 2.24) is 4.31 Å². The molecule has 1 heterocycles. The second-order valence-corrected chi connectivity index (χ2v) is 6.75. The van der Waals surface area contributed by atoms with Gasteiger partial charge in [-0.25, -0.2) is 4.31 Å². The number of hydrogen-bond donors (Lipinski definition) is 0. The van der Waals surface area contributed by atoms with Crippen LogP contribution in [0.2, 0.25) is 5.02 Å². The van der Waals surface area contributed by atoms with E-state index in [2.05, 4.69) is 45.0 Å². The maximum Gasteiger partial charge on any atom is 0.0582 e. The third-order valence-corrected chi connectivity index (χ3v) is 4.99. The lowest BCUT2D eigenvalue weighted by Gasteiger charge is -2.36. The number of nitrogens with zero attached hydrogens (tertiary/aromatic N) is 2. The summed E-state index contributed by atoms with van der Waals surface area (Å²) in [4.78, 5) is 0. The Morgan fingerprint density at radius 2 is 1.81 bits per heavy atom. The second-order valence-electron chi connectivity index (χ2n) is 4.89. The molecule has 0 fully saturated rings. The fraction of sp³-hybridized carbons (Fsp3) is 0.250. The molecule has 5 heteroatoms. The third-order valence-electron chi connectivity index (χ3n) is 3.36. The largest absolute Gasteiger partial charge is 0.271 e. The molecule has 1 aliphatic heterocycles. The van der Waals surface area contributed by atoms with Crippen LogP contribution in [0.3, 0.4) is 0 Å². The van der Waals surface area contributed by atoms with Crippen LogP contribution in [-0.2, 0) is 6.54 Å². The summed E-state index contributed by atoms with van der Waals surface area (Å²) in [6.45, 7) is 1.93. The summed E-state index contributed by atoms with van der Waals surface area (Å²) in [5, 5.41) is 0.757. The highest BCUT2D eigenvalue weighted by Crippen LogP contribution is 2.41. The number of para-hydroxylation sites is 1. The molecule has 0 radical (unpaired) electrons. The van der Waals surface area contributed by atoms with Crippen LogP contribution in [0.15, 0.2) is 48.5 Å². The van der Waals surface area contributed by atoms with Gasteiger partial charge in [0.2, 0.25) is 0 Å². The molecule has 0 bridgehead atoms. The maximum atomic E-state index is 6.00. The van der Waals surface area contributed by atoms with E-state index in [0.29, 0.717) is 5.88 Å². The summed E-state index contributed by atoms with van der Waals surface area (Å²) in [6.07, 6.45) is 0.991. The van der Waals surface area contributed by atoms with Gasteiger partial charge in [0.05, 0.1) is 11.4 Å². The molecule has 110 valence electrons. The van der Waals surface area contributed by atoms with Gasteiger partial charge in [0.25, 0.3) is 0 Å². The van der Waals surface area contributed by atoms with Gasteiger partial charge in [0, 0.05) is 36.1 Å². The van der Waals surface area contributed by atoms with Crippen LogP contribution in [0.4, 0.5) is 11.4 Å². The minimum Gasteiger partial charge on any atom is -0.271 e. The monoisotopic (exact) mass is 338 g/mol. The summed E-state index contributed by atoms with van der Waals surface area (Å²) in [5.41, 5.74) is 3.71. The SMILES string of the molecule is ClCCCN1Cc2ccccc2N(c2ccc(Cl)cc2)S1. The first-order valence-electron chi connectivity index (χ1n) is 6.90. The van der Waals surface area contributed by atoms with Gasteiger partial charge in [0.15, 0.2) is 0 Å². The van der Waals surface area contributed by atoms with Gasteiger partial charge in [-0.05, 0) is 42.3 Å². The van der Waals surface area contributed by atoms with Crippen LogP contribution in [0.5, 0.6) is 0 Å². The van der Waals surface area contributed by atoms with Crippen LogP contribution in [0.1, 0.15) is 12.0 Å². The quantitative estimate of drug-likeness (QED) is 0.537. The standard InChI is InChI=1S/C16H16Cl2N2S/c17-10-3-11-19-12-13-4-1-2-5-16(13)20(21-19)15-8-6-14(18)7-9-15/h1-2,4-9H,3,10-12H2. The van der Waals surface area contributed by atoms with Gasteiger partial charge in [-0.2, -0.15) is 0 Å². The van der Waals surface area contributed by atoms with Gasteiger partial charge in [0.1, 0.15) is 0 Å². The van der Waals surface area contributed by atoms with Crippen molar-refractivity contribution >= 4 is 46.7 Å². The number of anilines is 2. The lowest BCUT2D eigenvalue weighted by Crippen LogP contribution is -2.28. The van der Waals surface area contributed by atoms with Crippen molar-refractivity contribution in [3.05, 3.63) is 59.1 Å². The lowest BCUT2D eigenvalue weighted by atomic mass is 10.1. The minimum absolute atomic E-state index is 0.694. The Bertz CT molecular complexity index is 603. The van der Waals surface area contributed by atoms with E-state index in [0.717, 1.165) is 30.2 Å². The zero-order chi connectivity index (χ0) is 14.7. The number of fused-ring (bicyclic) bond motifs is 1. The van der Waals surface area contributed by atoms with Crippen LogP contribution in [0.25, 0.3) is 0 Å². The molecule has 0 aliphatic carbocycles. The van der Waals surface area contributed by atoms with Gasteiger partial charge >= 0.3 is 0 Å². The summed E-state index contributed by atoms with van der Waals surface area (Å²) in [6, 6.07) is 16.5. The highest BCUT2D eigenvalue weighted by molar-refractivity contribution is 7.98. The fourth-order valence-electron chi connectivity index (χ4n) is 2.34. The van der Waals surface area contributed by atoms with Crippen LogP contribution < -0.4 is 4.31 Å². The molecule has 0 saturated carbocycles. The Labute approximate surface area is 139 Å². The molecular weight excluding hydrogens is 323 g/mol. The lowest BCUT2D eigenvalue weighted by molar-refractivity contribution is 0.461. The molecule has 1 aliphatic rings. The Morgan fingerprint density at radius 1 is 1.05 bits per heavy atom. The van der Waals surface area contributed by atoms with E-state index >= 15 is 0 Å². The molecule has 2 aromatic rings.